The van der Waals surface area contributed by atoms with Gasteiger partial charge in [-0.2, -0.15) is 13.2 Å². The fourth-order valence-electron chi connectivity index (χ4n) is 1.09. The SMILES string of the molecule is CC(=O)c1ccc([C@H](O)C(F)(F)F)cc1. The summed E-state index contributed by atoms with van der Waals surface area (Å²) < 4.78 is 36.2. The number of aliphatic hydroxyl groups excluding tert-OH is 1. The number of hydrogen-bond acceptors (Lipinski definition) is 2. The summed E-state index contributed by atoms with van der Waals surface area (Å²) in [5.41, 5.74) is 0.0422. The first-order chi connectivity index (χ1) is 6.82. The molecule has 0 heterocycles. The second-order valence-corrected chi connectivity index (χ2v) is 3.12. The second kappa shape index (κ2) is 4.02. The summed E-state index contributed by atoms with van der Waals surface area (Å²) in [7, 11) is 0. The zero-order valence-electron chi connectivity index (χ0n) is 7.88. The molecule has 5 heteroatoms. The lowest BCUT2D eigenvalue weighted by molar-refractivity contribution is -0.206. The van der Waals surface area contributed by atoms with Crippen molar-refractivity contribution < 1.29 is 23.1 Å². The molecule has 0 radical (unpaired) electrons. The molecule has 1 rings (SSSR count). The van der Waals surface area contributed by atoms with Gasteiger partial charge < -0.3 is 5.11 Å². The number of carbonyl (C=O) groups is 1. The molecule has 0 saturated carbocycles. The first kappa shape index (κ1) is 11.7. The van der Waals surface area contributed by atoms with Crippen LogP contribution in [0, 0.1) is 0 Å². The minimum Gasteiger partial charge on any atom is -0.379 e. The molecule has 0 saturated heterocycles. The first-order valence-corrected chi connectivity index (χ1v) is 4.18. The summed E-state index contributed by atoms with van der Waals surface area (Å²) in [4.78, 5) is 10.8. The molecule has 0 aromatic heterocycles. The van der Waals surface area contributed by atoms with Crippen molar-refractivity contribution >= 4 is 5.78 Å². The Morgan fingerprint density at radius 2 is 1.73 bits per heavy atom. The standard InChI is InChI=1S/C10H9F3O2/c1-6(14)7-2-4-8(5-3-7)9(15)10(11,12)13/h2-5,9,15H,1H3/t9-/m0/s1. The van der Waals surface area contributed by atoms with Gasteiger partial charge in [-0.1, -0.05) is 24.3 Å². The van der Waals surface area contributed by atoms with Gasteiger partial charge in [0.2, 0.25) is 0 Å². The average molecular weight is 218 g/mol. The third-order valence-electron chi connectivity index (χ3n) is 1.94. The van der Waals surface area contributed by atoms with Crippen LogP contribution in [0.1, 0.15) is 28.9 Å². The summed E-state index contributed by atoms with van der Waals surface area (Å²) in [5, 5.41) is 8.88. The molecule has 82 valence electrons. The van der Waals surface area contributed by atoms with Gasteiger partial charge in [0.05, 0.1) is 0 Å². The van der Waals surface area contributed by atoms with Gasteiger partial charge in [-0.15, -0.1) is 0 Å². The summed E-state index contributed by atoms with van der Waals surface area (Å²) >= 11 is 0. The number of rotatable bonds is 2. The van der Waals surface area contributed by atoms with Crippen LogP contribution in [-0.2, 0) is 0 Å². The number of halogens is 3. The molecule has 0 aliphatic heterocycles. The Hall–Kier alpha value is -1.36. The Balaban J connectivity index is 2.94. The highest BCUT2D eigenvalue weighted by Gasteiger charge is 2.39. The maximum absolute atomic E-state index is 12.1. The van der Waals surface area contributed by atoms with Crippen molar-refractivity contribution in [2.24, 2.45) is 0 Å². The largest absolute Gasteiger partial charge is 0.418 e. The van der Waals surface area contributed by atoms with E-state index in [1.54, 1.807) is 0 Å². The smallest absolute Gasteiger partial charge is 0.379 e. The average Bonchev–Trinajstić information content (AvgIpc) is 2.15. The second-order valence-electron chi connectivity index (χ2n) is 3.12. The van der Waals surface area contributed by atoms with Gasteiger partial charge in [-0.05, 0) is 12.5 Å². The predicted molar refractivity (Wildman–Crippen MR) is 47.5 cm³/mol. The van der Waals surface area contributed by atoms with Gasteiger partial charge in [0, 0.05) is 5.56 Å². The summed E-state index contributed by atoms with van der Waals surface area (Å²) in [6.45, 7) is 1.31. The van der Waals surface area contributed by atoms with Crippen molar-refractivity contribution in [3.8, 4) is 0 Å². The van der Waals surface area contributed by atoms with Crippen LogP contribution in [0.5, 0.6) is 0 Å². The molecule has 0 bridgehead atoms. The van der Waals surface area contributed by atoms with Crippen LogP contribution in [0.4, 0.5) is 13.2 Å². The Morgan fingerprint density at radius 3 is 2.07 bits per heavy atom. The fourth-order valence-corrected chi connectivity index (χ4v) is 1.09. The van der Waals surface area contributed by atoms with E-state index in [9.17, 15) is 18.0 Å². The van der Waals surface area contributed by atoms with Crippen molar-refractivity contribution in [1.82, 2.24) is 0 Å². The van der Waals surface area contributed by atoms with Crippen LogP contribution in [0.15, 0.2) is 24.3 Å². The number of carbonyl (C=O) groups excluding carboxylic acids is 1. The van der Waals surface area contributed by atoms with Gasteiger partial charge in [0.25, 0.3) is 0 Å². The van der Waals surface area contributed by atoms with Crippen LogP contribution >= 0.6 is 0 Å². The highest BCUT2D eigenvalue weighted by Crippen LogP contribution is 2.32. The number of Topliss-reactive ketones (excluding diaryl/α,β-unsaturated/α-hetero) is 1. The van der Waals surface area contributed by atoms with Crippen molar-refractivity contribution in [3.05, 3.63) is 35.4 Å². The Bertz CT molecular complexity index is 354. The molecular formula is C10H9F3O2. The molecular weight excluding hydrogens is 209 g/mol. The normalized spacial score (nSPS) is 13.7. The van der Waals surface area contributed by atoms with Crippen LogP contribution in [0.2, 0.25) is 0 Å². The molecule has 2 nitrogen and oxygen atoms in total. The molecule has 15 heavy (non-hydrogen) atoms. The number of hydrogen-bond donors (Lipinski definition) is 1. The topological polar surface area (TPSA) is 37.3 Å². The lowest BCUT2D eigenvalue weighted by Gasteiger charge is -2.14. The minimum absolute atomic E-state index is 0.233. The molecule has 0 unspecified atom stereocenters. The third-order valence-corrected chi connectivity index (χ3v) is 1.94. The van der Waals surface area contributed by atoms with Crippen molar-refractivity contribution in [3.63, 3.8) is 0 Å². The molecule has 0 amide bonds. The molecule has 1 atom stereocenters. The van der Waals surface area contributed by atoms with Gasteiger partial charge in [-0.25, -0.2) is 0 Å². The maximum atomic E-state index is 12.1. The van der Waals surface area contributed by atoms with E-state index in [1.165, 1.54) is 19.1 Å². The zero-order valence-corrected chi connectivity index (χ0v) is 7.88. The Labute approximate surface area is 84.3 Å². The van der Waals surface area contributed by atoms with E-state index < -0.39 is 12.3 Å². The summed E-state index contributed by atoms with van der Waals surface area (Å²) in [6, 6.07) is 4.70. The summed E-state index contributed by atoms with van der Waals surface area (Å²) in [6.07, 6.45) is -7.18. The number of alkyl halides is 3. The molecule has 0 aliphatic carbocycles. The van der Waals surface area contributed by atoms with Gasteiger partial charge in [0.15, 0.2) is 11.9 Å². The van der Waals surface area contributed by atoms with E-state index in [0.29, 0.717) is 5.56 Å². The molecule has 1 N–H and O–H groups in total. The van der Waals surface area contributed by atoms with E-state index in [0.717, 1.165) is 12.1 Å². The molecule has 0 fully saturated rings. The third kappa shape index (κ3) is 2.79. The number of ketones is 1. The maximum Gasteiger partial charge on any atom is 0.418 e. The molecule has 1 aromatic rings. The van der Waals surface area contributed by atoms with Crippen LogP contribution < -0.4 is 0 Å². The predicted octanol–water partition coefficient (Wildman–Crippen LogP) is 2.48. The van der Waals surface area contributed by atoms with Gasteiger partial charge >= 0.3 is 6.18 Å². The summed E-state index contributed by atoms with van der Waals surface area (Å²) in [5.74, 6) is -0.233. The highest BCUT2D eigenvalue weighted by molar-refractivity contribution is 5.94. The lowest BCUT2D eigenvalue weighted by Crippen LogP contribution is -2.20. The van der Waals surface area contributed by atoms with Crippen molar-refractivity contribution in [2.45, 2.75) is 19.2 Å². The zero-order chi connectivity index (χ0) is 11.6. The van der Waals surface area contributed by atoms with Gasteiger partial charge in [-0.3, -0.25) is 4.79 Å². The number of aliphatic hydroxyl groups is 1. The molecule has 0 aliphatic rings. The molecule has 0 spiro atoms. The van der Waals surface area contributed by atoms with E-state index >= 15 is 0 Å². The lowest BCUT2D eigenvalue weighted by atomic mass is 10.1. The minimum atomic E-state index is -4.68. The quantitative estimate of drug-likeness (QED) is 0.774. The van der Waals surface area contributed by atoms with E-state index in [2.05, 4.69) is 0 Å². The Kier molecular flexibility index (Phi) is 3.14. The monoisotopic (exact) mass is 218 g/mol. The van der Waals surface area contributed by atoms with Crippen molar-refractivity contribution in [2.75, 3.05) is 0 Å². The highest BCUT2D eigenvalue weighted by atomic mass is 19.4. The fraction of sp³-hybridized carbons (Fsp3) is 0.300. The Morgan fingerprint density at radius 1 is 1.27 bits per heavy atom. The first-order valence-electron chi connectivity index (χ1n) is 4.18. The van der Waals surface area contributed by atoms with Crippen LogP contribution in [0.3, 0.4) is 0 Å². The van der Waals surface area contributed by atoms with E-state index in [-0.39, 0.29) is 11.3 Å². The van der Waals surface area contributed by atoms with E-state index in [4.69, 9.17) is 5.11 Å². The molecule has 1 aromatic carbocycles. The van der Waals surface area contributed by atoms with Gasteiger partial charge in [0.1, 0.15) is 0 Å². The van der Waals surface area contributed by atoms with Crippen LogP contribution in [0.25, 0.3) is 0 Å². The van der Waals surface area contributed by atoms with Crippen LogP contribution in [-0.4, -0.2) is 17.1 Å². The van der Waals surface area contributed by atoms with E-state index in [1.807, 2.05) is 0 Å². The number of benzene rings is 1. The van der Waals surface area contributed by atoms with Crippen molar-refractivity contribution in [1.29, 1.82) is 0 Å².